The van der Waals surface area contributed by atoms with E-state index in [1.165, 1.54) is 25.9 Å². The van der Waals surface area contributed by atoms with Crippen molar-refractivity contribution in [2.45, 2.75) is 38.8 Å². The fraction of sp³-hybridized carbons (Fsp3) is 0.435. The summed E-state index contributed by atoms with van der Waals surface area (Å²) in [6.45, 7) is 7.41. The highest BCUT2D eigenvalue weighted by molar-refractivity contribution is 5.97. The van der Waals surface area contributed by atoms with Crippen molar-refractivity contribution in [1.29, 1.82) is 0 Å². The average molecular weight is 377 g/mol. The molecule has 2 bridgehead atoms. The summed E-state index contributed by atoms with van der Waals surface area (Å²) in [6, 6.07) is 12.5. The first-order valence-corrected chi connectivity index (χ1v) is 10.3. The predicted molar refractivity (Wildman–Crippen MR) is 111 cm³/mol. The van der Waals surface area contributed by atoms with Crippen molar-refractivity contribution in [3.8, 4) is 5.75 Å². The maximum atomic E-state index is 12.9. The molecule has 5 heteroatoms. The fourth-order valence-electron chi connectivity index (χ4n) is 4.73. The minimum atomic E-state index is 0.0374. The number of hydrogen-bond donors (Lipinski definition) is 1. The molecular weight excluding hydrogens is 350 g/mol. The number of pyridine rings is 1. The number of fused-ring (bicyclic) bond motifs is 6. The van der Waals surface area contributed by atoms with Gasteiger partial charge in [0, 0.05) is 29.7 Å². The fourth-order valence-corrected chi connectivity index (χ4v) is 4.73. The van der Waals surface area contributed by atoms with Gasteiger partial charge in [0.2, 0.25) is 0 Å². The summed E-state index contributed by atoms with van der Waals surface area (Å²) in [7, 11) is 0. The Bertz CT molecular complexity index is 1030. The van der Waals surface area contributed by atoms with Gasteiger partial charge in [0.15, 0.2) is 0 Å². The van der Waals surface area contributed by atoms with E-state index in [-0.39, 0.29) is 18.1 Å². The average Bonchev–Trinajstić information content (AvgIpc) is 3.13. The topological polar surface area (TPSA) is 46.0 Å². The molecule has 1 atom stereocenters. The van der Waals surface area contributed by atoms with Crippen molar-refractivity contribution in [3.63, 3.8) is 0 Å². The standard InChI is InChI=1S/C23H27N3O2/c1-15(2)28-20-5-6-22-17(12-20)3-4-19-11-18(13-26(19)22)23(27)24-21-14-25-9-7-16(21)8-10-25/h3-6,11-13,15-16,21H,7-10,14H2,1-2H3,(H,24,27)/t21-/m0/s1. The number of hydrogen-bond acceptors (Lipinski definition) is 3. The molecule has 0 saturated carbocycles. The Kier molecular flexibility index (Phi) is 4.27. The number of carbonyl (C=O) groups is 1. The number of amides is 1. The highest BCUT2D eigenvalue weighted by atomic mass is 16.5. The van der Waals surface area contributed by atoms with Crippen molar-refractivity contribution in [2.75, 3.05) is 19.6 Å². The first-order chi connectivity index (χ1) is 13.6. The minimum Gasteiger partial charge on any atom is -0.491 e. The van der Waals surface area contributed by atoms with E-state index in [2.05, 4.69) is 38.9 Å². The van der Waals surface area contributed by atoms with Crippen LogP contribution in [0.5, 0.6) is 5.75 Å². The molecule has 2 aromatic heterocycles. The number of aromatic nitrogens is 1. The molecule has 0 unspecified atom stereocenters. The summed E-state index contributed by atoms with van der Waals surface area (Å²) in [5.74, 6) is 1.54. The van der Waals surface area contributed by atoms with Crippen LogP contribution in [0.1, 0.15) is 37.0 Å². The number of ether oxygens (including phenoxy) is 1. The molecule has 3 saturated heterocycles. The molecule has 6 rings (SSSR count). The van der Waals surface area contributed by atoms with E-state index < -0.39 is 0 Å². The first kappa shape index (κ1) is 17.6. The summed E-state index contributed by atoms with van der Waals surface area (Å²) in [4.78, 5) is 15.4. The monoisotopic (exact) mass is 377 g/mol. The normalized spacial score (nSPS) is 24.2. The third-order valence-electron chi connectivity index (χ3n) is 6.15. The smallest absolute Gasteiger partial charge is 0.253 e. The van der Waals surface area contributed by atoms with Gasteiger partial charge in [0.1, 0.15) is 5.75 Å². The molecule has 3 fully saturated rings. The van der Waals surface area contributed by atoms with Crippen LogP contribution in [-0.2, 0) is 0 Å². The van der Waals surface area contributed by atoms with Gasteiger partial charge in [-0.05, 0) is 76.0 Å². The first-order valence-electron chi connectivity index (χ1n) is 10.3. The molecule has 0 spiro atoms. The summed E-state index contributed by atoms with van der Waals surface area (Å²) in [5.41, 5.74) is 2.84. The van der Waals surface area contributed by atoms with Crippen molar-refractivity contribution < 1.29 is 9.53 Å². The van der Waals surface area contributed by atoms with Crippen LogP contribution in [0, 0.1) is 5.92 Å². The van der Waals surface area contributed by atoms with E-state index in [4.69, 9.17) is 4.74 Å². The lowest BCUT2D eigenvalue weighted by Gasteiger charge is -2.44. The Morgan fingerprint density at radius 2 is 1.96 bits per heavy atom. The quantitative estimate of drug-likeness (QED) is 0.754. The van der Waals surface area contributed by atoms with Crippen molar-refractivity contribution in [3.05, 3.63) is 48.2 Å². The van der Waals surface area contributed by atoms with Gasteiger partial charge >= 0.3 is 0 Å². The minimum absolute atomic E-state index is 0.0374. The SMILES string of the molecule is CC(C)Oc1ccc2c(ccc3cc(C(=O)N[C@H]4CN5CCC4CC5)cn32)c1. The lowest BCUT2D eigenvalue weighted by atomic mass is 9.84. The summed E-state index contributed by atoms with van der Waals surface area (Å²) in [6.07, 6.45) is 4.51. The zero-order valence-electron chi connectivity index (χ0n) is 16.5. The van der Waals surface area contributed by atoms with Crippen molar-refractivity contribution in [2.24, 2.45) is 5.92 Å². The van der Waals surface area contributed by atoms with Crippen LogP contribution in [-0.4, -0.2) is 47.0 Å². The van der Waals surface area contributed by atoms with Gasteiger partial charge < -0.3 is 19.4 Å². The van der Waals surface area contributed by atoms with E-state index in [1.54, 1.807) is 0 Å². The maximum Gasteiger partial charge on any atom is 0.253 e. The van der Waals surface area contributed by atoms with Crippen LogP contribution in [0.4, 0.5) is 0 Å². The lowest BCUT2D eigenvalue weighted by molar-refractivity contribution is 0.0620. The highest BCUT2D eigenvalue weighted by Crippen LogP contribution is 2.28. The molecular formula is C23H27N3O2. The van der Waals surface area contributed by atoms with Gasteiger partial charge in [-0.2, -0.15) is 0 Å². The van der Waals surface area contributed by atoms with Gasteiger partial charge in [-0.1, -0.05) is 6.07 Å². The number of benzene rings is 1. The highest BCUT2D eigenvalue weighted by Gasteiger charge is 2.35. The largest absolute Gasteiger partial charge is 0.491 e. The molecule has 28 heavy (non-hydrogen) atoms. The van der Waals surface area contributed by atoms with E-state index in [1.807, 2.05) is 32.2 Å². The van der Waals surface area contributed by atoms with E-state index in [9.17, 15) is 4.79 Å². The molecule has 0 radical (unpaired) electrons. The van der Waals surface area contributed by atoms with Gasteiger partial charge in [-0.3, -0.25) is 4.79 Å². The van der Waals surface area contributed by atoms with Gasteiger partial charge in [0.25, 0.3) is 5.91 Å². The summed E-state index contributed by atoms with van der Waals surface area (Å²) in [5, 5.41) is 4.39. The number of piperidine rings is 3. The molecule has 5 heterocycles. The Morgan fingerprint density at radius 3 is 2.68 bits per heavy atom. The Balaban J connectivity index is 1.42. The van der Waals surface area contributed by atoms with E-state index in [0.29, 0.717) is 5.92 Å². The second-order valence-electron chi connectivity index (χ2n) is 8.46. The van der Waals surface area contributed by atoms with Crippen molar-refractivity contribution in [1.82, 2.24) is 14.6 Å². The molecule has 3 aliphatic rings. The second-order valence-corrected chi connectivity index (χ2v) is 8.46. The number of rotatable bonds is 4. The van der Waals surface area contributed by atoms with Gasteiger partial charge in [0.05, 0.1) is 17.2 Å². The molecule has 3 aromatic rings. The zero-order chi connectivity index (χ0) is 19.3. The lowest BCUT2D eigenvalue weighted by Crippen LogP contribution is -2.57. The number of nitrogens with zero attached hydrogens (tertiary/aromatic N) is 2. The second kappa shape index (κ2) is 6.82. The number of carbonyl (C=O) groups excluding carboxylic acids is 1. The molecule has 0 aliphatic carbocycles. The Hall–Kier alpha value is -2.53. The number of nitrogens with one attached hydrogen (secondary N) is 1. The van der Waals surface area contributed by atoms with Gasteiger partial charge in [-0.15, -0.1) is 0 Å². The van der Waals surface area contributed by atoms with Crippen LogP contribution in [0.15, 0.2) is 42.6 Å². The van der Waals surface area contributed by atoms with Crippen LogP contribution >= 0.6 is 0 Å². The van der Waals surface area contributed by atoms with Crippen LogP contribution in [0.3, 0.4) is 0 Å². The van der Waals surface area contributed by atoms with Crippen LogP contribution in [0.2, 0.25) is 0 Å². The van der Waals surface area contributed by atoms with Gasteiger partial charge in [-0.25, -0.2) is 0 Å². The zero-order valence-corrected chi connectivity index (χ0v) is 16.5. The molecule has 1 aromatic carbocycles. The van der Waals surface area contributed by atoms with Crippen LogP contribution in [0.25, 0.3) is 16.4 Å². The van der Waals surface area contributed by atoms with Crippen molar-refractivity contribution >= 4 is 22.3 Å². The summed E-state index contributed by atoms with van der Waals surface area (Å²) >= 11 is 0. The maximum absolute atomic E-state index is 12.9. The Labute approximate surface area is 165 Å². The summed E-state index contributed by atoms with van der Waals surface area (Å²) < 4.78 is 7.91. The molecule has 3 aliphatic heterocycles. The van der Waals surface area contributed by atoms with Crippen LogP contribution < -0.4 is 10.1 Å². The molecule has 146 valence electrons. The third kappa shape index (κ3) is 3.14. The Morgan fingerprint density at radius 1 is 1.14 bits per heavy atom. The molecule has 1 N–H and O–H groups in total. The van der Waals surface area contributed by atoms with E-state index in [0.717, 1.165) is 34.3 Å². The van der Waals surface area contributed by atoms with E-state index >= 15 is 0 Å². The third-order valence-corrected chi connectivity index (χ3v) is 6.15. The predicted octanol–water partition coefficient (Wildman–Crippen LogP) is 3.70. The molecule has 5 nitrogen and oxygen atoms in total. The molecule has 1 amide bonds.